The third-order valence-electron chi connectivity index (χ3n) is 3.22. The summed E-state index contributed by atoms with van der Waals surface area (Å²) in [5, 5.41) is 8.70. The minimum atomic E-state index is -4.80. The van der Waals surface area contributed by atoms with Crippen LogP contribution in [0.15, 0.2) is 0 Å². The fourth-order valence-corrected chi connectivity index (χ4v) is 2.47. The lowest BCUT2D eigenvalue weighted by molar-refractivity contribution is -0.188. The van der Waals surface area contributed by atoms with E-state index in [9.17, 15) is 18.0 Å². The molecular weight excluding hydrogens is 235 g/mol. The van der Waals surface area contributed by atoms with Gasteiger partial charge in [-0.25, -0.2) is 0 Å². The van der Waals surface area contributed by atoms with E-state index in [1.807, 2.05) is 0 Å². The number of likely N-dealkylation sites (tertiary alicyclic amines) is 1. The standard InChI is InChI=1S/C11H18F3NO2/c1-10(2)6-8(4-3-5-16)7-15(10)9(17)11(12,13)14/h8,16H,3-7H2,1-2H3/t8-/m0/s1. The molecule has 0 aromatic rings. The molecule has 0 aromatic heterocycles. The van der Waals surface area contributed by atoms with E-state index in [0.717, 1.165) is 4.90 Å². The van der Waals surface area contributed by atoms with Crippen molar-refractivity contribution in [3.63, 3.8) is 0 Å². The van der Waals surface area contributed by atoms with Crippen molar-refractivity contribution in [2.75, 3.05) is 13.2 Å². The van der Waals surface area contributed by atoms with Crippen LogP contribution in [-0.2, 0) is 4.79 Å². The van der Waals surface area contributed by atoms with Crippen molar-refractivity contribution < 1.29 is 23.1 Å². The minimum Gasteiger partial charge on any atom is -0.396 e. The molecule has 1 atom stereocenters. The number of hydrogen-bond acceptors (Lipinski definition) is 2. The Kier molecular flexibility index (Phi) is 4.06. The monoisotopic (exact) mass is 253 g/mol. The summed E-state index contributed by atoms with van der Waals surface area (Å²) in [4.78, 5) is 12.2. The molecule has 1 aliphatic heterocycles. The lowest BCUT2D eigenvalue weighted by Crippen LogP contribution is -2.48. The summed E-state index contributed by atoms with van der Waals surface area (Å²) in [5.74, 6) is -1.71. The number of aliphatic hydroxyl groups is 1. The number of amides is 1. The maximum atomic E-state index is 12.4. The number of aliphatic hydroxyl groups excluding tert-OH is 1. The van der Waals surface area contributed by atoms with Crippen LogP contribution in [-0.4, -0.2) is 40.8 Å². The van der Waals surface area contributed by atoms with Gasteiger partial charge in [0.15, 0.2) is 0 Å². The molecule has 1 saturated heterocycles. The van der Waals surface area contributed by atoms with Crippen LogP contribution in [0.1, 0.15) is 33.1 Å². The molecule has 3 nitrogen and oxygen atoms in total. The van der Waals surface area contributed by atoms with E-state index >= 15 is 0 Å². The van der Waals surface area contributed by atoms with Crippen LogP contribution >= 0.6 is 0 Å². The molecular formula is C11H18F3NO2. The smallest absolute Gasteiger partial charge is 0.396 e. The van der Waals surface area contributed by atoms with Crippen molar-refractivity contribution in [2.24, 2.45) is 5.92 Å². The van der Waals surface area contributed by atoms with Gasteiger partial charge in [0, 0.05) is 18.7 Å². The average Bonchev–Trinajstić information content (AvgIpc) is 2.48. The number of halogens is 3. The molecule has 0 bridgehead atoms. The molecule has 1 N–H and O–H groups in total. The fourth-order valence-electron chi connectivity index (χ4n) is 2.47. The topological polar surface area (TPSA) is 40.5 Å². The van der Waals surface area contributed by atoms with Crippen molar-refractivity contribution in [2.45, 2.75) is 44.8 Å². The molecule has 100 valence electrons. The van der Waals surface area contributed by atoms with Crippen molar-refractivity contribution in [3.8, 4) is 0 Å². The lowest BCUT2D eigenvalue weighted by atomic mass is 9.93. The highest BCUT2D eigenvalue weighted by atomic mass is 19.4. The minimum absolute atomic E-state index is 0.0319. The van der Waals surface area contributed by atoms with Crippen LogP contribution < -0.4 is 0 Å². The molecule has 1 fully saturated rings. The van der Waals surface area contributed by atoms with Gasteiger partial charge in [0.25, 0.3) is 0 Å². The Morgan fingerprint density at radius 2 is 2.06 bits per heavy atom. The first-order valence-corrected chi connectivity index (χ1v) is 5.68. The van der Waals surface area contributed by atoms with Crippen LogP contribution in [0.25, 0.3) is 0 Å². The van der Waals surface area contributed by atoms with Gasteiger partial charge in [-0.15, -0.1) is 0 Å². The zero-order valence-electron chi connectivity index (χ0n) is 10.0. The molecule has 1 aliphatic rings. The van der Waals surface area contributed by atoms with Gasteiger partial charge in [0.05, 0.1) is 0 Å². The molecule has 17 heavy (non-hydrogen) atoms. The zero-order valence-corrected chi connectivity index (χ0v) is 10.0. The Balaban J connectivity index is 2.70. The molecule has 6 heteroatoms. The summed E-state index contributed by atoms with van der Waals surface area (Å²) in [5.41, 5.74) is -0.757. The molecule has 1 rings (SSSR count). The van der Waals surface area contributed by atoms with Crippen LogP contribution in [0.3, 0.4) is 0 Å². The van der Waals surface area contributed by atoms with Crippen LogP contribution in [0.2, 0.25) is 0 Å². The molecule has 0 unspecified atom stereocenters. The first-order chi connectivity index (χ1) is 7.68. The largest absolute Gasteiger partial charge is 0.471 e. The molecule has 0 aromatic carbocycles. The average molecular weight is 253 g/mol. The van der Waals surface area contributed by atoms with Gasteiger partial charge in [-0.3, -0.25) is 4.79 Å². The quantitative estimate of drug-likeness (QED) is 0.835. The number of hydrogen-bond donors (Lipinski definition) is 1. The number of alkyl halides is 3. The van der Waals surface area contributed by atoms with Crippen LogP contribution in [0.5, 0.6) is 0 Å². The van der Waals surface area contributed by atoms with E-state index in [4.69, 9.17) is 5.11 Å². The third kappa shape index (κ3) is 3.34. The predicted molar refractivity (Wildman–Crippen MR) is 56.3 cm³/mol. The summed E-state index contributed by atoms with van der Waals surface area (Å²) in [6.45, 7) is 3.46. The Morgan fingerprint density at radius 1 is 1.47 bits per heavy atom. The molecule has 0 saturated carbocycles. The molecule has 1 amide bonds. The first kappa shape index (κ1) is 14.3. The van der Waals surface area contributed by atoms with E-state index < -0.39 is 17.6 Å². The summed E-state index contributed by atoms with van der Waals surface area (Å²) in [6, 6.07) is 0. The fraction of sp³-hybridized carbons (Fsp3) is 0.909. The lowest BCUT2D eigenvalue weighted by Gasteiger charge is -2.31. The number of rotatable bonds is 3. The normalized spacial score (nSPS) is 24.1. The van der Waals surface area contributed by atoms with Gasteiger partial charge < -0.3 is 10.0 Å². The van der Waals surface area contributed by atoms with Crippen molar-refractivity contribution >= 4 is 5.91 Å². The molecule has 1 heterocycles. The predicted octanol–water partition coefficient (Wildman–Crippen LogP) is 1.95. The maximum absolute atomic E-state index is 12.4. The Morgan fingerprint density at radius 3 is 2.53 bits per heavy atom. The van der Waals surface area contributed by atoms with Crippen molar-refractivity contribution in [1.82, 2.24) is 4.90 Å². The van der Waals surface area contributed by atoms with E-state index in [1.54, 1.807) is 13.8 Å². The zero-order chi connectivity index (χ0) is 13.3. The second-order valence-electron chi connectivity index (χ2n) is 5.16. The molecule has 0 radical (unpaired) electrons. The van der Waals surface area contributed by atoms with E-state index in [0.29, 0.717) is 19.3 Å². The SMILES string of the molecule is CC1(C)C[C@H](CCCO)CN1C(=O)C(F)(F)F. The number of nitrogens with zero attached hydrogens (tertiary/aromatic N) is 1. The van der Waals surface area contributed by atoms with Gasteiger partial charge in [-0.2, -0.15) is 13.2 Å². The van der Waals surface area contributed by atoms with Crippen molar-refractivity contribution in [1.29, 1.82) is 0 Å². The van der Waals surface area contributed by atoms with Gasteiger partial charge >= 0.3 is 12.1 Å². The highest BCUT2D eigenvalue weighted by Gasteiger charge is 2.50. The van der Waals surface area contributed by atoms with Gasteiger partial charge in [0.1, 0.15) is 0 Å². The number of carbonyl (C=O) groups excluding carboxylic acids is 1. The maximum Gasteiger partial charge on any atom is 0.471 e. The summed E-state index contributed by atoms with van der Waals surface area (Å²) in [7, 11) is 0. The van der Waals surface area contributed by atoms with Crippen LogP contribution in [0, 0.1) is 5.92 Å². The molecule has 0 spiro atoms. The van der Waals surface area contributed by atoms with Gasteiger partial charge in [0.2, 0.25) is 0 Å². The van der Waals surface area contributed by atoms with E-state index in [1.165, 1.54) is 0 Å². The highest BCUT2D eigenvalue weighted by molar-refractivity contribution is 5.82. The first-order valence-electron chi connectivity index (χ1n) is 5.68. The van der Waals surface area contributed by atoms with Crippen molar-refractivity contribution in [3.05, 3.63) is 0 Å². The summed E-state index contributed by atoms with van der Waals surface area (Å²) < 4.78 is 37.2. The van der Waals surface area contributed by atoms with Gasteiger partial charge in [-0.05, 0) is 39.0 Å². The summed E-state index contributed by atoms with van der Waals surface area (Å²) >= 11 is 0. The van der Waals surface area contributed by atoms with E-state index in [2.05, 4.69) is 0 Å². The second-order valence-corrected chi connectivity index (χ2v) is 5.16. The Bertz CT molecular complexity index is 289. The molecule has 0 aliphatic carbocycles. The van der Waals surface area contributed by atoms with Crippen LogP contribution in [0.4, 0.5) is 13.2 Å². The third-order valence-corrected chi connectivity index (χ3v) is 3.22. The van der Waals surface area contributed by atoms with Gasteiger partial charge in [-0.1, -0.05) is 0 Å². The summed E-state index contributed by atoms with van der Waals surface area (Å²) in [6.07, 6.45) is -3.03. The van der Waals surface area contributed by atoms with E-state index in [-0.39, 0.29) is 19.1 Å². The Hall–Kier alpha value is -0.780. The second kappa shape index (κ2) is 4.84. The number of carbonyl (C=O) groups is 1. The Labute approximate surface area is 98.6 Å². The highest BCUT2D eigenvalue weighted by Crippen LogP contribution is 2.37.